The van der Waals surface area contributed by atoms with Crippen LogP contribution in [0.5, 0.6) is 0 Å². The third kappa shape index (κ3) is 79.1. The first-order chi connectivity index (χ1) is 37.9. The summed E-state index contributed by atoms with van der Waals surface area (Å²) in [6.45, 7) is 144. The van der Waals surface area contributed by atoms with E-state index in [-0.39, 0.29) is 0 Å². The molecule has 0 bridgehead atoms. The van der Waals surface area contributed by atoms with Crippen molar-refractivity contribution in [3.8, 4) is 0 Å². The van der Waals surface area contributed by atoms with Gasteiger partial charge in [-0.2, -0.15) is 0 Å². The Kier molecular flexibility index (Phi) is 85.5. The van der Waals surface area contributed by atoms with Gasteiger partial charge >= 0.3 is 513 Å². The molecule has 0 aliphatic heterocycles. The zero-order valence-electron chi connectivity index (χ0n) is 44.7. The van der Waals surface area contributed by atoms with E-state index in [4.69, 9.17) is 0 Å². The van der Waals surface area contributed by atoms with Gasteiger partial charge in [0.2, 0.25) is 0 Å². The van der Waals surface area contributed by atoms with E-state index >= 15 is 0 Å². The van der Waals surface area contributed by atoms with Crippen molar-refractivity contribution in [1.29, 1.82) is 0 Å². The quantitative estimate of drug-likeness (QED) is 0.0561. The molecule has 0 saturated heterocycles. The van der Waals surface area contributed by atoms with Gasteiger partial charge in [0.1, 0.15) is 0 Å². The minimum atomic E-state index is 1.10. The molecule has 0 saturated carbocycles. The van der Waals surface area contributed by atoms with Crippen molar-refractivity contribution in [1.82, 2.24) is 0 Å². The fraction of sp³-hybridized carbons (Fsp3) is 1.00. The molecule has 0 aromatic carbocycles. The average Bonchev–Trinajstić information content (AvgIpc) is 3.43. The predicted molar refractivity (Wildman–Crippen MR) is 441 cm³/mol. The van der Waals surface area contributed by atoms with Gasteiger partial charge in [-0.15, -0.1) is 0 Å². The van der Waals surface area contributed by atoms with Gasteiger partial charge in [-0.05, 0) is 0 Å². The van der Waals surface area contributed by atoms with Crippen molar-refractivity contribution in [3.63, 3.8) is 0 Å². The molecule has 0 N–H and O–H groups in total. The van der Waals surface area contributed by atoms with Crippen LogP contribution in [0.2, 0.25) is 0 Å². The molecule has 74 heteroatoms. The molecule has 0 aromatic heterocycles. The van der Waals surface area contributed by atoms with Crippen LogP contribution in [-0.4, -0.2) is 495 Å². The first kappa shape index (κ1) is 81.1. The van der Waals surface area contributed by atoms with Crippen LogP contribution in [-0.2, 0) is 0 Å². The second kappa shape index (κ2) is 80.1. The third-order valence-corrected chi connectivity index (χ3v) is 8.88. The number of rotatable bonds is 37. The summed E-state index contributed by atoms with van der Waals surface area (Å²) in [5.41, 5.74) is 0. The summed E-state index contributed by atoms with van der Waals surface area (Å²) < 4.78 is 0. The van der Waals surface area contributed by atoms with E-state index in [1.807, 2.05) is 483 Å². The first-order valence-electron chi connectivity index (χ1n) is 25.5. The summed E-state index contributed by atoms with van der Waals surface area (Å²) in [4.78, 5) is 0. The van der Waals surface area contributed by atoms with Gasteiger partial charge in [-0.1, -0.05) is 0 Å². The van der Waals surface area contributed by atoms with Crippen LogP contribution in [0, 0.1) is 0 Å². The van der Waals surface area contributed by atoms with Crippen LogP contribution in [0.25, 0.3) is 0 Å². The van der Waals surface area contributed by atoms with Gasteiger partial charge in [-0.3, -0.25) is 0 Å². The summed E-state index contributed by atoms with van der Waals surface area (Å²) in [6, 6.07) is 0. The Labute approximate surface area is 508 Å². The topological polar surface area (TPSA) is 0 Å². The maximum absolute atomic E-state index is 2.14. The van der Waals surface area contributed by atoms with E-state index in [2.05, 4.69) is 13.0 Å². The minimum absolute atomic E-state index is 1.10. The first-order valence-corrected chi connectivity index (χ1v) is 26.5. The number of hydrogen-bond acceptors (Lipinski definition) is 1. The van der Waals surface area contributed by atoms with Crippen LogP contribution in [0.15, 0.2) is 0 Å². The van der Waals surface area contributed by atoms with Gasteiger partial charge < -0.3 is 0 Å². The maximum atomic E-state index is 2.14. The second-order valence-corrected chi connectivity index (χ2v) is 15.6. The molecule has 0 aliphatic rings. The molecule has 240 valence electrons. The van der Waals surface area contributed by atoms with Crippen LogP contribution < -0.4 is 0 Å². The SMILES string of the molecule is BB=BB=BB=BB=BB=BB=BB=BB=BB=BB=BB=BB=BB=BB=BB=BB=BB=BB=BB=BB=BB=BB=BB=BB=BB=BB=BB=BB=BB=BB=BB=BB=BB=BB=BB=BB=BSCC. The molecule has 0 radical (unpaired) electrons. The van der Waals surface area contributed by atoms with E-state index in [1.165, 1.54) is 0 Å². The van der Waals surface area contributed by atoms with Crippen LogP contribution in [0.1, 0.15) is 6.92 Å². The Morgan fingerprint density at radius 3 is 0.342 bits per heavy atom. The molecule has 0 aliphatic carbocycles. The van der Waals surface area contributed by atoms with Crippen molar-refractivity contribution in [2.75, 3.05) is 5.75 Å². The third-order valence-electron chi connectivity index (χ3n) is 8.20. The Morgan fingerprint density at radius 2 is 0.250 bits per heavy atom. The van der Waals surface area contributed by atoms with E-state index in [1.54, 1.807) is 11.6 Å². The summed E-state index contributed by atoms with van der Waals surface area (Å²) in [5, 5.41) is 0. The molecular weight excluding hydrogens is 845 g/mol. The van der Waals surface area contributed by atoms with Crippen LogP contribution in [0.3, 0.4) is 0 Å². The summed E-state index contributed by atoms with van der Waals surface area (Å²) in [7, 11) is 2.00. The molecule has 0 fully saturated rings. The van der Waals surface area contributed by atoms with Crippen LogP contribution in [0.4, 0.5) is 0 Å². The fourth-order valence-electron chi connectivity index (χ4n) is 4.67. The summed E-state index contributed by atoms with van der Waals surface area (Å²) >= 11 is 1.79. The van der Waals surface area contributed by atoms with Gasteiger partial charge in [0, 0.05) is 0 Å². The molecule has 76 heavy (non-hydrogen) atoms. The van der Waals surface area contributed by atoms with E-state index < -0.39 is 0 Å². The van der Waals surface area contributed by atoms with E-state index in [9.17, 15) is 0 Å². The Morgan fingerprint density at radius 1 is 0.158 bits per heavy atom. The molecule has 0 nitrogen and oxygen atoms in total. The van der Waals surface area contributed by atoms with Gasteiger partial charge in [0.15, 0.2) is 0 Å². The zero-order valence-corrected chi connectivity index (χ0v) is 45.5. The summed E-state index contributed by atoms with van der Waals surface area (Å²) in [5.74, 6) is 1.10. The molecule has 0 atom stereocenters. The van der Waals surface area contributed by atoms with Crippen molar-refractivity contribution in [3.05, 3.63) is 0 Å². The molecule has 0 rings (SSSR count). The van der Waals surface area contributed by atoms with Crippen LogP contribution >= 0.6 is 11.6 Å². The molecular formula is C2H7B73S. The zero-order chi connectivity index (χ0) is 54.3. The second-order valence-electron chi connectivity index (χ2n) is 14.4. The van der Waals surface area contributed by atoms with Crippen molar-refractivity contribution < 1.29 is 0 Å². The number of hydrogen-bond donors (Lipinski definition) is 0. The molecule has 0 heterocycles. The predicted octanol–water partition coefficient (Wildman–Crippen LogP) is -27.1. The average molecular weight is 852 g/mol. The Bertz CT molecular complexity index is 2610. The molecule has 0 amide bonds. The Hall–Kier alpha value is 5.09. The van der Waals surface area contributed by atoms with Gasteiger partial charge in [0.25, 0.3) is 0 Å². The van der Waals surface area contributed by atoms with E-state index in [0.29, 0.717) is 0 Å². The van der Waals surface area contributed by atoms with Crippen molar-refractivity contribution >= 4 is 501 Å². The molecule has 0 aromatic rings. The summed E-state index contributed by atoms with van der Waals surface area (Å²) in [6.07, 6.45) is 2.10. The standard InChI is InChI=1S/C2H7B73S/c1-2-76-75-74-73-72-71-70-69-68-67-66-65-64-63-62-61-60-59-58-57-56-55-54-53-52-51-50-49-48-47-46-45-44-43-42-41-40-39-38-37-36-35-34-33-32-31-30-29-28-27-26-25-24-23-22-21-20-19-18-17-16-15-14-13-12-11-10-9-8-7-6-5-4-3/h2-3H2,1H3. The fourth-order valence-corrected chi connectivity index (χ4v) is 5.06. The molecule has 0 spiro atoms. The normalized spacial score (nSPS) is 7.96. The molecule has 0 unspecified atom stereocenters. The van der Waals surface area contributed by atoms with Crippen molar-refractivity contribution in [2.45, 2.75) is 6.92 Å². The van der Waals surface area contributed by atoms with Gasteiger partial charge in [-0.25, -0.2) is 0 Å². The van der Waals surface area contributed by atoms with E-state index in [0.717, 1.165) is 5.75 Å². The monoisotopic (exact) mass is 867 g/mol. The Balaban J connectivity index is 4.09. The van der Waals surface area contributed by atoms with Crippen molar-refractivity contribution in [2.24, 2.45) is 0 Å². The van der Waals surface area contributed by atoms with Gasteiger partial charge in [0.05, 0.1) is 0 Å².